The van der Waals surface area contributed by atoms with Crippen LogP contribution < -0.4 is 5.32 Å². The molecule has 0 saturated carbocycles. The van der Waals surface area contributed by atoms with Crippen molar-refractivity contribution in [2.75, 3.05) is 25.2 Å². The molecule has 1 amide bonds. The number of benzene rings is 1. The van der Waals surface area contributed by atoms with Gasteiger partial charge in [0, 0.05) is 26.0 Å². The number of pyridine rings is 1. The third-order valence-corrected chi connectivity index (χ3v) is 5.88. The van der Waals surface area contributed by atoms with Crippen molar-refractivity contribution in [2.24, 2.45) is 0 Å². The Bertz CT molecular complexity index is 886. The molecule has 1 N–H and O–H groups in total. The molecule has 0 atom stereocenters. The Labute approximate surface area is 150 Å². The fraction of sp³-hybridized carbons (Fsp3) is 0.188. The minimum Gasteiger partial charge on any atom is -0.325 e. The molecule has 1 aromatic heterocycles. The first-order valence-corrected chi connectivity index (χ1v) is 9.57. The summed E-state index contributed by atoms with van der Waals surface area (Å²) in [7, 11) is -0.612. The van der Waals surface area contributed by atoms with Gasteiger partial charge >= 0.3 is 0 Å². The number of amides is 1. The van der Waals surface area contributed by atoms with Gasteiger partial charge in [0.15, 0.2) is 0 Å². The number of thioether (sulfide) groups is 1. The van der Waals surface area contributed by atoms with E-state index in [0.29, 0.717) is 16.3 Å². The first-order chi connectivity index (χ1) is 11.8. The molecule has 0 saturated heterocycles. The molecular formula is C16H16N4O3S2. The summed E-state index contributed by atoms with van der Waals surface area (Å²) in [6, 6.07) is 11.6. The molecular weight excluding hydrogens is 360 g/mol. The van der Waals surface area contributed by atoms with E-state index in [-0.39, 0.29) is 16.6 Å². The predicted octanol–water partition coefficient (Wildman–Crippen LogP) is 1.93. The SMILES string of the molecule is CN(C)S(=O)(=O)c1ccc(SCC(=O)Nc2ccc(C#N)cc2)nc1. The Hall–Kier alpha value is -2.41. The lowest BCUT2D eigenvalue weighted by Crippen LogP contribution is -2.22. The molecule has 7 nitrogen and oxygen atoms in total. The zero-order chi connectivity index (χ0) is 18.4. The van der Waals surface area contributed by atoms with Crippen molar-refractivity contribution < 1.29 is 13.2 Å². The van der Waals surface area contributed by atoms with E-state index in [1.807, 2.05) is 6.07 Å². The van der Waals surface area contributed by atoms with Crippen molar-refractivity contribution in [3.8, 4) is 6.07 Å². The summed E-state index contributed by atoms with van der Waals surface area (Å²) in [5.41, 5.74) is 1.12. The van der Waals surface area contributed by atoms with Crippen LogP contribution in [0, 0.1) is 11.3 Å². The molecule has 25 heavy (non-hydrogen) atoms. The summed E-state index contributed by atoms with van der Waals surface area (Å²) in [6.45, 7) is 0. The quantitative estimate of drug-likeness (QED) is 0.773. The second-order valence-electron chi connectivity index (χ2n) is 5.15. The summed E-state index contributed by atoms with van der Waals surface area (Å²) in [5, 5.41) is 12.0. The van der Waals surface area contributed by atoms with Crippen LogP contribution in [0.1, 0.15) is 5.56 Å². The lowest BCUT2D eigenvalue weighted by molar-refractivity contribution is -0.113. The van der Waals surface area contributed by atoms with Crippen molar-refractivity contribution in [1.82, 2.24) is 9.29 Å². The van der Waals surface area contributed by atoms with E-state index in [1.165, 1.54) is 38.1 Å². The summed E-state index contributed by atoms with van der Waals surface area (Å²) in [4.78, 5) is 16.1. The number of hydrogen-bond donors (Lipinski definition) is 1. The molecule has 2 aromatic rings. The number of carbonyl (C=O) groups excluding carboxylic acids is 1. The number of carbonyl (C=O) groups is 1. The van der Waals surface area contributed by atoms with E-state index in [1.54, 1.807) is 30.3 Å². The second-order valence-corrected chi connectivity index (χ2v) is 8.29. The number of anilines is 1. The number of sulfonamides is 1. The maximum atomic E-state index is 12.0. The van der Waals surface area contributed by atoms with Gasteiger partial charge in [0.05, 0.1) is 22.4 Å². The molecule has 0 spiro atoms. The minimum absolute atomic E-state index is 0.101. The summed E-state index contributed by atoms with van der Waals surface area (Å²) in [6.07, 6.45) is 1.27. The Morgan fingerprint density at radius 3 is 2.44 bits per heavy atom. The molecule has 0 bridgehead atoms. The molecule has 2 rings (SSSR count). The van der Waals surface area contributed by atoms with Crippen LogP contribution in [-0.4, -0.2) is 43.5 Å². The van der Waals surface area contributed by atoms with Crippen LogP contribution in [0.4, 0.5) is 5.69 Å². The molecule has 0 radical (unpaired) electrons. The van der Waals surface area contributed by atoms with Gasteiger partial charge < -0.3 is 5.32 Å². The van der Waals surface area contributed by atoms with Gasteiger partial charge in [0.2, 0.25) is 15.9 Å². The maximum Gasteiger partial charge on any atom is 0.244 e. The third kappa shape index (κ3) is 5.03. The van der Waals surface area contributed by atoms with Crippen molar-refractivity contribution in [1.29, 1.82) is 5.26 Å². The summed E-state index contributed by atoms with van der Waals surface area (Å²) >= 11 is 1.20. The number of aromatic nitrogens is 1. The average Bonchev–Trinajstić information content (AvgIpc) is 2.61. The van der Waals surface area contributed by atoms with Crippen LogP contribution in [0.15, 0.2) is 52.5 Å². The highest BCUT2D eigenvalue weighted by atomic mass is 32.2. The van der Waals surface area contributed by atoms with Crippen LogP contribution >= 0.6 is 11.8 Å². The van der Waals surface area contributed by atoms with Gasteiger partial charge in [-0.25, -0.2) is 17.7 Å². The summed E-state index contributed by atoms with van der Waals surface area (Å²) < 4.78 is 25.0. The smallest absolute Gasteiger partial charge is 0.244 e. The first-order valence-electron chi connectivity index (χ1n) is 7.14. The largest absolute Gasteiger partial charge is 0.325 e. The van der Waals surface area contributed by atoms with E-state index in [4.69, 9.17) is 5.26 Å². The predicted molar refractivity (Wildman–Crippen MR) is 95.6 cm³/mol. The van der Waals surface area contributed by atoms with Crippen LogP contribution in [0.5, 0.6) is 0 Å². The normalized spacial score (nSPS) is 11.1. The number of nitriles is 1. The topological polar surface area (TPSA) is 103 Å². The number of nitrogens with one attached hydrogen (secondary N) is 1. The standard InChI is InChI=1S/C16H16N4O3S2/c1-20(2)25(22,23)14-7-8-16(18-10-14)24-11-15(21)19-13-5-3-12(9-17)4-6-13/h3-8,10H,11H2,1-2H3,(H,19,21). The Kier molecular flexibility index (Phi) is 6.14. The lowest BCUT2D eigenvalue weighted by Gasteiger charge is -2.11. The molecule has 0 unspecified atom stereocenters. The molecule has 9 heteroatoms. The fourth-order valence-corrected chi connectivity index (χ4v) is 3.27. The van der Waals surface area contributed by atoms with Gasteiger partial charge in [-0.05, 0) is 36.4 Å². The Morgan fingerprint density at radius 2 is 1.92 bits per heavy atom. The van der Waals surface area contributed by atoms with E-state index in [0.717, 1.165) is 4.31 Å². The van der Waals surface area contributed by atoms with Crippen LogP contribution in [0.25, 0.3) is 0 Å². The molecule has 1 heterocycles. The zero-order valence-electron chi connectivity index (χ0n) is 13.6. The van der Waals surface area contributed by atoms with Gasteiger partial charge in [-0.2, -0.15) is 5.26 Å². The van der Waals surface area contributed by atoms with Crippen LogP contribution in [-0.2, 0) is 14.8 Å². The van der Waals surface area contributed by atoms with Crippen molar-refractivity contribution in [3.05, 3.63) is 48.2 Å². The maximum absolute atomic E-state index is 12.0. The van der Waals surface area contributed by atoms with Gasteiger partial charge in [-0.3, -0.25) is 4.79 Å². The van der Waals surface area contributed by atoms with Crippen molar-refractivity contribution in [2.45, 2.75) is 9.92 Å². The Balaban J connectivity index is 1.92. The second kappa shape index (κ2) is 8.11. The lowest BCUT2D eigenvalue weighted by atomic mass is 10.2. The first kappa shape index (κ1) is 18.9. The molecule has 0 aliphatic carbocycles. The van der Waals surface area contributed by atoms with Crippen molar-refractivity contribution >= 4 is 33.4 Å². The Morgan fingerprint density at radius 1 is 1.24 bits per heavy atom. The molecule has 130 valence electrons. The van der Waals surface area contributed by atoms with Gasteiger partial charge in [0.1, 0.15) is 4.90 Å². The molecule has 0 aliphatic rings. The molecule has 1 aromatic carbocycles. The van der Waals surface area contributed by atoms with E-state index in [9.17, 15) is 13.2 Å². The summed E-state index contributed by atoms with van der Waals surface area (Å²) in [5.74, 6) is -0.0891. The minimum atomic E-state index is -3.51. The van der Waals surface area contributed by atoms with Crippen molar-refractivity contribution in [3.63, 3.8) is 0 Å². The van der Waals surface area contributed by atoms with E-state index >= 15 is 0 Å². The molecule has 0 fully saturated rings. The number of hydrogen-bond acceptors (Lipinski definition) is 6. The van der Waals surface area contributed by atoms with E-state index in [2.05, 4.69) is 10.3 Å². The van der Waals surface area contributed by atoms with Gasteiger partial charge in [-0.1, -0.05) is 11.8 Å². The molecule has 0 aliphatic heterocycles. The average molecular weight is 376 g/mol. The monoisotopic (exact) mass is 376 g/mol. The third-order valence-electron chi connectivity index (χ3n) is 3.14. The van der Waals surface area contributed by atoms with E-state index < -0.39 is 10.0 Å². The fourth-order valence-electron chi connectivity index (χ4n) is 1.78. The van der Waals surface area contributed by atoms with Crippen LogP contribution in [0.3, 0.4) is 0 Å². The van der Waals surface area contributed by atoms with Crippen LogP contribution in [0.2, 0.25) is 0 Å². The number of nitrogens with zero attached hydrogens (tertiary/aromatic N) is 3. The number of rotatable bonds is 6. The zero-order valence-corrected chi connectivity index (χ0v) is 15.3. The highest BCUT2D eigenvalue weighted by Gasteiger charge is 2.17. The van der Waals surface area contributed by atoms with Gasteiger partial charge in [-0.15, -0.1) is 0 Å². The highest BCUT2D eigenvalue weighted by Crippen LogP contribution is 2.19. The van der Waals surface area contributed by atoms with Gasteiger partial charge in [0.25, 0.3) is 0 Å². The highest BCUT2D eigenvalue weighted by molar-refractivity contribution is 7.99.